The number of carbonyl (C=O) groups excluding carboxylic acids is 1. The van der Waals surface area contributed by atoms with Gasteiger partial charge in [0, 0.05) is 18.0 Å². The zero-order valence-corrected chi connectivity index (χ0v) is 14.1. The molecule has 0 saturated carbocycles. The van der Waals surface area contributed by atoms with Crippen LogP contribution in [0, 0.1) is 12.7 Å². The predicted molar refractivity (Wildman–Crippen MR) is 94.7 cm³/mol. The largest absolute Gasteiger partial charge is 0.359 e. The number of hydrogen-bond acceptors (Lipinski definition) is 2. The van der Waals surface area contributed by atoms with Gasteiger partial charge in [-0.3, -0.25) is 4.79 Å². The van der Waals surface area contributed by atoms with Crippen molar-refractivity contribution in [2.24, 2.45) is 0 Å². The summed E-state index contributed by atoms with van der Waals surface area (Å²) in [5.41, 5.74) is 3.68. The van der Waals surface area contributed by atoms with Crippen LogP contribution in [0.2, 0.25) is 5.02 Å². The van der Waals surface area contributed by atoms with E-state index in [0.717, 1.165) is 22.0 Å². The Morgan fingerprint density at radius 3 is 2.75 bits per heavy atom. The third-order valence-electron chi connectivity index (χ3n) is 3.99. The fourth-order valence-electron chi connectivity index (χ4n) is 2.72. The van der Waals surface area contributed by atoms with E-state index in [9.17, 15) is 9.18 Å². The number of aromatic nitrogens is 1. The maximum atomic E-state index is 13.8. The molecule has 3 rings (SSSR count). The quantitative estimate of drug-likeness (QED) is 0.771. The molecular formula is C19H16ClFN2O. The lowest BCUT2D eigenvalue weighted by Crippen LogP contribution is -2.20. The number of aryl methyl sites for hydroxylation is 1. The maximum absolute atomic E-state index is 13.8. The summed E-state index contributed by atoms with van der Waals surface area (Å²) in [6.45, 7) is 1.96. The molecule has 1 amide bonds. The molecule has 0 aliphatic rings. The van der Waals surface area contributed by atoms with E-state index in [1.807, 2.05) is 31.2 Å². The number of rotatable bonds is 3. The highest BCUT2D eigenvalue weighted by atomic mass is 35.5. The minimum Gasteiger partial charge on any atom is -0.359 e. The van der Waals surface area contributed by atoms with E-state index in [4.69, 9.17) is 11.6 Å². The van der Waals surface area contributed by atoms with Crippen LogP contribution in [0.4, 0.5) is 4.39 Å². The van der Waals surface area contributed by atoms with Crippen molar-refractivity contribution >= 4 is 28.4 Å². The van der Waals surface area contributed by atoms with Crippen molar-refractivity contribution in [3.05, 3.63) is 64.4 Å². The summed E-state index contributed by atoms with van der Waals surface area (Å²) < 4.78 is 13.8. The molecule has 0 spiro atoms. The summed E-state index contributed by atoms with van der Waals surface area (Å²) in [5.74, 6) is -0.566. The number of nitrogens with one attached hydrogen (secondary N) is 1. The molecule has 0 atom stereocenters. The molecule has 0 radical (unpaired) electrons. The number of halogens is 2. The number of pyridine rings is 1. The summed E-state index contributed by atoms with van der Waals surface area (Å²) >= 11 is 6.10. The van der Waals surface area contributed by atoms with Crippen molar-refractivity contribution in [3.63, 3.8) is 0 Å². The Hall–Kier alpha value is -2.46. The van der Waals surface area contributed by atoms with E-state index in [1.165, 1.54) is 6.07 Å². The molecule has 24 heavy (non-hydrogen) atoms. The second kappa shape index (κ2) is 6.57. The van der Waals surface area contributed by atoms with E-state index in [2.05, 4.69) is 10.3 Å². The molecule has 0 aliphatic heterocycles. The molecule has 1 heterocycles. The summed E-state index contributed by atoms with van der Waals surface area (Å²) in [4.78, 5) is 16.4. The van der Waals surface area contributed by atoms with E-state index in [0.29, 0.717) is 11.3 Å². The lowest BCUT2D eigenvalue weighted by atomic mass is 10.0. The van der Waals surface area contributed by atoms with Crippen molar-refractivity contribution in [1.29, 1.82) is 0 Å². The van der Waals surface area contributed by atoms with Crippen molar-refractivity contribution in [2.75, 3.05) is 7.05 Å². The van der Waals surface area contributed by atoms with Crippen molar-refractivity contribution < 1.29 is 9.18 Å². The van der Waals surface area contributed by atoms with Crippen LogP contribution in [-0.2, 0) is 11.2 Å². The molecule has 0 bridgehead atoms. The summed E-state index contributed by atoms with van der Waals surface area (Å²) in [6, 6.07) is 12.3. The molecule has 3 nitrogen and oxygen atoms in total. The van der Waals surface area contributed by atoms with Gasteiger partial charge in [0.15, 0.2) is 0 Å². The topological polar surface area (TPSA) is 42.0 Å². The van der Waals surface area contributed by atoms with E-state index < -0.39 is 5.82 Å². The molecule has 1 aromatic heterocycles. The standard InChI is InChI=1S/C19H16ClFN2O/c1-11-9-16(14-7-4-8-15(21)18(14)20)23-19-12(10-17(24)22-2)5-3-6-13(11)19/h3-9H,10H2,1-2H3,(H,22,24). The first-order chi connectivity index (χ1) is 11.5. The van der Waals surface area contributed by atoms with Gasteiger partial charge in [-0.05, 0) is 30.2 Å². The lowest BCUT2D eigenvalue weighted by Gasteiger charge is -2.11. The minimum atomic E-state index is -0.479. The number of fused-ring (bicyclic) bond motifs is 1. The highest BCUT2D eigenvalue weighted by Gasteiger charge is 2.14. The Bertz CT molecular complexity index is 940. The molecule has 2 aromatic carbocycles. The molecule has 122 valence electrons. The van der Waals surface area contributed by atoms with Gasteiger partial charge in [-0.2, -0.15) is 0 Å². The van der Waals surface area contributed by atoms with Gasteiger partial charge in [-0.1, -0.05) is 41.9 Å². The van der Waals surface area contributed by atoms with Crippen LogP contribution < -0.4 is 5.32 Å². The number of likely N-dealkylation sites (N-methyl/N-ethyl adjacent to an activating group) is 1. The third-order valence-corrected chi connectivity index (χ3v) is 4.37. The van der Waals surface area contributed by atoms with Gasteiger partial charge in [-0.25, -0.2) is 9.37 Å². The Morgan fingerprint density at radius 1 is 1.25 bits per heavy atom. The highest BCUT2D eigenvalue weighted by molar-refractivity contribution is 6.33. The molecule has 0 fully saturated rings. The van der Waals surface area contributed by atoms with Crippen LogP contribution in [0.25, 0.3) is 22.2 Å². The lowest BCUT2D eigenvalue weighted by molar-refractivity contribution is -0.119. The number of benzene rings is 2. The fourth-order valence-corrected chi connectivity index (χ4v) is 2.94. The number of hydrogen-bond donors (Lipinski definition) is 1. The SMILES string of the molecule is CNC(=O)Cc1cccc2c(C)cc(-c3cccc(F)c3Cl)nc12. The van der Waals surface area contributed by atoms with Crippen LogP contribution in [-0.4, -0.2) is 17.9 Å². The first kappa shape index (κ1) is 16.4. The number of carbonyl (C=O) groups is 1. The number of nitrogens with zero attached hydrogens (tertiary/aromatic N) is 1. The number of para-hydroxylation sites is 1. The van der Waals surface area contributed by atoms with Crippen molar-refractivity contribution in [2.45, 2.75) is 13.3 Å². The van der Waals surface area contributed by atoms with Gasteiger partial charge in [0.1, 0.15) is 5.82 Å². The summed E-state index contributed by atoms with van der Waals surface area (Å²) in [7, 11) is 1.60. The van der Waals surface area contributed by atoms with Gasteiger partial charge < -0.3 is 5.32 Å². The third kappa shape index (κ3) is 2.97. The van der Waals surface area contributed by atoms with E-state index in [-0.39, 0.29) is 17.4 Å². The van der Waals surface area contributed by atoms with Gasteiger partial charge in [0.2, 0.25) is 5.91 Å². The van der Waals surface area contributed by atoms with E-state index in [1.54, 1.807) is 19.2 Å². The second-order valence-corrected chi connectivity index (χ2v) is 5.97. The average Bonchev–Trinajstić information content (AvgIpc) is 2.57. The Balaban J connectivity index is 2.23. The fraction of sp³-hybridized carbons (Fsp3) is 0.158. The maximum Gasteiger partial charge on any atom is 0.224 e. The summed E-state index contributed by atoms with van der Waals surface area (Å²) in [6.07, 6.45) is 0.237. The predicted octanol–water partition coefficient (Wildman–Crippen LogP) is 4.29. The Labute approximate surface area is 144 Å². The Morgan fingerprint density at radius 2 is 2.00 bits per heavy atom. The van der Waals surface area contributed by atoms with Gasteiger partial charge in [0.25, 0.3) is 0 Å². The van der Waals surface area contributed by atoms with Crippen LogP contribution >= 0.6 is 11.6 Å². The van der Waals surface area contributed by atoms with E-state index >= 15 is 0 Å². The molecule has 0 unspecified atom stereocenters. The average molecular weight is 343 g/mol. The molecular weight excluding hydrogens is 327 g/mol. The van der Waals surface area contributed by atoms with Crippen LogP contribution in [0.3, 0.4) is 0 Å². The zero-order valence-electron chi connectivity index (χ0n) is 13.4. The van der Waals surface area contributed by atoms with Crippen molar-refractivity contribution in [3.8, 4) is 11.3 Å². The number of amides is 1. The first-order valence-electron chi connectivity index (χ1n) is 7.55. The monoisotopic (exact) mass is 342 g/mol. The molecule has 1 N–H and O–H groups in total. The molecule has 0 saturated heterocycles. The van der Waals surface area contributed by atoms with Crippen LogP contribution in [0.15, 0.2) is 42.5 Å². The molecule has 3 aromatic rings. The minimum absolute atomic E-state index is 0.0486. The van der Waals surface area contributed by atoms with Gasteiger partial charge in [0.05, 0.1) is 22.7 Å². The van der Waals surface area contributed by atoms with Crippen LogP contribution in [0.5, 0.6) is 0 Å². The molecule has 0 aliphatic carbocycles. The second-order valence-electron chi connectivity index (χ2n) is 5.59. The van der Waals surface area contributed by atoms with Crippen molar-refractivity contribution in [1.82, 2.24) is 10.3 Å². The highest BCUT2D eigenvalue weighted by Crippen LogP contribution is 2.32. The molecule has 5 heteroatoms. The normalized spacial score (nSPS) is 10.8. The van der Waals surface area contributed by atoms with Gasteiger partial charge >= 0.3 is 0 Å². The summed E-state index contributed by atoms with van der Waals surface area (Å²) in [5, 5.41) is 3.63. The Kier molecular flexibility index (Phi) is 4.49. The smallest absolute Gasteiger partial charge is 0.224 e. The first-order valence-corrected chi connectivity index (χ1v) is 7.93. The van der Waals surface area contributed by atoms with Crippen LogP contribution in [0.1, 0.15) is 11.1 Å². The van der Waals surface area contributed by atoms with Gasteiger partial charge in [-0.15, -0.1) is 0 Å². The zero-order chi connectivity index (χ0) is 17.3.